The summed E-state index contributed by atoms with van der Waals surface area (Å²) in [7, 11) is 0. The zero-order valence-corrected chi connectivity index (χ0v) is 13.4. The number of nitrogens with one attached hydrogen (secondary N) is 1. The lowest BCUT2D eigenvalue weighted by Gasteiger charge is -2.23. The van der Waals surface area contributed by atoms with Crippen LogP contribution < -0.4 is 0 Å². The van der Waals surface area contributed by atoms with Gasteiger partial charge in [0.05, 0.1) is 5.41 Å². The minimum absolute atomic E-state index is 0.0301. The third-order valence-corrected chi connectivity index (χ3v) is 5.72. The first-order valence-electron chi connectivity index (χ1n) is 8.22. The number of H-pyrrole nitrogens is 1. The topological polar surface area (TPSA) is 73.4 Å². The first-order valence-corrected chi connectivity index (χ1v) is 8.22. The molecule has 1 aromatic heterocycles. The maximum absolute atomic E-state index is 13.5. The lowest BCUT2D eigenvalue weighted by Crippen LogP contribution is -2.37. The number of hydrogen-bond acceptors (Lipinski definition) is 2. The van der Waals surface area contributed by atoms with Gasteiger partial charge in [-0.1, -0.05) is 6.42 Å². The van der Waals surface area contributed by atoms with Crippen molar-refractivity contribution >= 4 is 22.8 Å². The van der Waals surface area contributed by atoms with Gasteiger partial charge in [-0.3, -0.25) is 9.59 Å². The molecule has 1 aliphatic carbocycles. The molecule has 2 atom stereocenters. The van der Waals surface area contributed by atoms with Crippen LogP contribution in [0.4, 0.5) is 4.39 Å². The Labute approximate surface area is 138 Å². The molecule has 0 radical (unpaired) electrons. The van der Waals surface area contributed by atoms with Crippen LogP contribution in [-0.2, 0) is 4.79 Å². The Bertz CT molecular complexity index is 859. The van der Waals surface area contributed by atoms with Crippen molar-refractivity contribution in [3.63, 3.8) is 0 Å². The Morgan fingerprint density at radius 1 is 1.38 bits per heavy atom. The van der Waals surface area contributed by atoms with E-state index in [4.69, 9.17) is 0 Å². The molecular weight excluding hydrogens is 311 g/mol. The number of aromatic amines is 1. The normalized spacial score (nSPS) is 26.1. The Morgan fingerprint density at radius 3 is 2.88 bits per heavy atom. The highest BCUT2D eigenvalue weighted by molar-refractivity contribution is 5.99. The van der Waals surface area contributed by atoms with E-state index in [1.165, 1.54) is 12.1 Å². The van der Waals surface area contributed by atoms with Gasteiger partial charge in [0.1, 0.15) is 11.5 Å². The van der Waals surface area contributed by atoms with Crippen LogP contribution in [0.15, 0.2) is 18.2 Å². The minimum atomic E-state index is -0.796. The van der Waals surface area contributed by atoms with E-state index in [2.05, 4.69) is 4.98 Å². The number of fused-ring (bicyclic) bond motifs is 2. The number of rotatable bonds is 2. The fraction of sp³-hybridized carbons (Fsp3) is 0.444. The first-order chi connectivity index (χ1) is 11.4. The number of aryl methyl sites for hydroxylation is 1. The Morgan fingerprint density at radius 2 is 2.17 bits per heavy atom. The summed E-state index contributed by atoms with van der Waals surface area (Å²) in [6, 6.07) is 4.54. The van der Waals surface area contributed by atoms with Crippen molar-refractivity contribution in [2.45, 2.75) is 26.2 Å². The molecule has 1 aliphatic heterocycles. The summed E-state index contributed by atoms with van der Waals surface area (Å²) < 4.78 is 13.5. The molecule has 1 amide bonds. The summed E-state index contributed by atoms with van der Waals surface area (Å²) in [5.41, 5.74) is 0.951. The number of aliphatic carboxylic acids is 1. The second kappa shape index (κ2) is 5.06. The van der Waals surface area contributed by atoms with E-state index in [0.717, 1.165) is 23.8 Å². The van der Waals surface area contributed by atoms with Gasteiger partial charge >= 0.3 is 5.97 Å². The number of carboxylic acid groups (broad SMARTS) is 1. The third kappa shape index (κ3) is 2.05. The van der Waals surface area contributed by atoms with Crippen LogP contribution >= 0.6 is 0 Å². The molecule has 0 unspecified atom stereocenters. The van der Waals surface area contributed by atoms with Crippen LogP contribution in [0, 0.1) is 24.1 Å². The van der Waals surface area contributed by atoms with Crippen molar-refractivity contribution in [1.29, 1.82) is 0 Å². The van der Waals surface area contributed by atoms with Crippen LogP contribution in [-0.4, -0.2) is 40.0 Å². The Balaban J connectivity index is 1.65. The number of nitrogens with zero attached hydrogens (tertiary/aromatic N) is 1. The number of aromatic nitrogens is 1. The van der Waals surface area contributed by atoms with Gasteiger partial charge in [-0.2, -0.15) is 0 Å². The molecule has 1 aromatic carbocycles. The predicted molar refractivity (Wildman–Crippen MR) is 86.3 cm³/mol. The summed E-state index contributed by atoms with van der Waals surface area (Å²) in [6.07, 6.45) is 2.39. The number of carbonyl (C=O) groups excluding carboxylic acids is 1. The standard InChI is InChI=1S/C18H19FN2O3/c1-10-5-12(19)6-14-13(10)7-15(20-14)16(22)21-8-11-3-2-4-18(11,9-21)17(23)24/h5-7,11,20H,2-4,8-9H2,1H3,(H,23,24)/t11-,18+/m0/s1. The molecule has 2 aliphatic rings. The van der Waals surface area contributed by atoms with Crippen molar-refractivity contribution < 1.29 is 19.1 Å². The van der Waals surface area contributed by atoms with E-state index in [-0.39, 0.29) is 24.2 Å². The number of amides is 1. The van der Waals surface area contributed by atoms with Gasteiger partial charge < -0.3 is 15.0 Å². The Hall–Kier alpha value is -2.37. The van der Waals surface area contributed by atoms with Crippen LogP contribution in [0.3, 0.4) is 0 Å². The van der Waals surface area contributed by atoms with Gasteiger partial charge in [0, 0.05) is 24.0 Å². The molecule has 5 nitrogen and oxygen atoms in total. The molecule has 6 heteroatoms. The number of benzene rings is 1. The van der Waals surface area contributed by atoms with E-state index in [1.807, 2.05) is 0 Å². The quantitative estimate of drug-likeness (QED) is 0.889. The molecule has 1 saturated heterocycles. The number of hydrogen-bond donors (Lipinski definition) is 2. The second-order valence-corrected chi connectivity index (χ2v) is 7.10. The van der Waals surface area contributed by atoms with E-state index in [9.17, 15) is 19.1 Å². The largest absolute Gasteiger partial charge is 0.481 e. The zero-order chi connectivity index (χ0) is 17.1. The molecule has 24 heavy (non-hydrogen) atoms. The average molecular weight is 330 g/mol. The zero-order valence-electron chi connectivity index (χ0n) is 13.4. The first kappa shape index (κ1) is 15.2. The van der Waals surface area contributed by atoms with E-state index >= 15 is 0 Å². The molecule has 0 bridgehead atoms. The maximum atomic E-state index is 13.5. The monoisotopic (exact) mass is 330 g/mol. The highest BCUT2D eigenvalue weighted by Crippen LogP contribution is 2.49. The molecule has 4 rings (SSSR count). The van der Waals surface area contributed by atoms with Gasteiger partial charge in [0.25, 0.3) is 5.91 Å². The summed E-state index contributed by atoms with van der Waals surface area (Å²) in [5.74, 6) is -1.32. The third-order valence-electron chi connectivity index (χ3n) is 5.72. The number of carboxylic acids is 1. The molecule has 2 fully saturated rings. The number of likely N-dealkylation sites (tertiary alicyclic amines) is 1. The minimum Gasteiger partial charge on any atom is -0.481 e. The lowest BCUT2D eigenvalue weighted by molar-refractivity contribution is -0.149. The maximum Gasteiger partial charge on any atom is 0.311 e. The van der Waals surface area contributed by atoms with E-state index in [1.54, 1.807) is 17.9 Å². The van der Waals surface area contributed by atoms with E-state index < -0.39 is 11.4 Å². The summed E-state index contributed by atoms with van der Waals surface area (Å²) in [4.78, 5) is 29.2. The Kier molecular flexibility index (Phi) is 3.20. The van der Waals surface area contributed by atoms with Gasteiger partial charge in [0.2, 0.25) is 0 Å². The van der Waals surface area contributed by atoms with Crippen molar-refractivity contribution in [1.82, 2.24) is 9.88 Å². The number of halogens is 1. The molecule has 0 spiro atoms. The van der Waals surface area contributed by atoms with Crippen molar-refractivity contribution in [2.75, 3.05) is 13.1 Å². The fourth-order valence-corrected chi connectivity index (χ4v) is 4.45. The molecule has 126 valence electrons. The fourth-order valence-electron chi connectivity index (χ4n) is 4.45. The molecule has 2 aromatic rings. The summed E-state index contributed by atoms with van der Waals surface area (Å²) >= 11 is 0. The van der Waals surface area contributed by atoms with Crippen molar-refractivity contribution in [2.24, 2.45) is 11.3 Å². The molecular formula is C18H19FN2O3. The molecule has 2 N–H and O–H groups in total. The van der Waals surface area contributed by atoms with Crippen LogP contribution in [0.25, 0.3) is 10.9 Å². The van der Waals surface area contributed by atoms with Gasteiger partial charge in [-0.25, -0.2) is 4.39 Å². The van der Waals surface area contributed by atoms with Crippen LogP contribution in [0.5, 0.6) is 0 Å². The summed E-state index contributed by atoms with van der Waals surface area (Å²) in [6.45, 7) is 2.54. The van der Waals surface area contributed by atoms with Gasteiger partial charge in [-0.05, 0) is 49.4 Å². The SMILES string of the molecule is Cc1cc(F)cc2[nH]c(C(=O)N3C[C@@H]4CCC[C@@]4(C(=O)O)C3)cc12. The highest BCUT2D eigenvalue weighted by atomic mass is 19.1. The molecule has 1 saturated carbocycles. The van der Waals surface area contributed by atoms with Gasteiger partial charge in [-0.15, -0.1) is 0 Å². The number of carbonyl (C=O) groups is 2. The lowest BCUT2D eigenvalue weighted by atomic mass is 9.81. The van der Waals surface area contributed by atoms with Crippen LogP contribution in [0.2, 0.25) is 0 Å². The summed E-state index contributed by atoms with van der Waals surface area (Å²) in [5, 5.41) is 10.5. The van der Waals surface area contributed by atoms with Crippen molar-refractivity contribution in [3.05, 3.63) is 35.3 Å². The predicted octanol–water partition coefficient (Wildman–Crippen LogP) is 2.94. The average Bonchev–Trinajstić information content (AvgIpc) is 3.17. The van der Waals surface area contributed by atoms with Gasteiger partial charge in [0.15, 0.2) is 0 Å². The van der Waals surface area contributed by atoms with E-state index in [0.29, 0.717) is 24.2 Å². The molecule has 2 heterocycles. The van der Waals surface area contributed by atoms with Crippen LogP contribution in [0.1, 0.15) is 35.3 Å². The smallest absolute Gasteiger partial charge is 0.311 e. The second-order valence-electron chi connectivity index (χ2n) is 7.10. The highest BCUT2D eigenvalue weighted by Gasteiger charge is 2.55. The van der Waals surface area contributed by atoms with Crippen molar-refractivity contribution in [3.8, 4) is 0 Å².